The molecule has 0 saturated carbocycles. The van der Waals surface area contributed by atoms with Gasteiger partial charge < -0.3 is 4.74 Å². The lowest BCUT2D eigenvalue weighted by Crippen LogP contribution is -2.03. The number of nitrogens with zero attached hydrogens (tertiary/aromatic N) is 4. The molecule has 0 aliphatic heterocycles. The van der Waals surface area contributed by atoms with Gasteiger partial charge >= 0.3 is 5.97 Å². The molecule has 96 valence electrons. The van der Waals surface area contributed by atoms with Gasteiger partial charge in [-0.05, 0) is 13.8 Å². The van der Waals surface area contributed by atoms with Crippen molar-refractivity contribution in [3.63, 3.8) is 0 Å². The van der Waals surface area contributed by atoms with Crippen LogP contribution in [0.4, 0.5) is 0 Å². The summed E-state index contributed by atoms with van der Waals surface area (Å²) in [6, 6.07) is 0. The zero-order valence-corrected chi connectivity index (χ0v) is 10.5. The van der Waals surface area contributed by atoms with E-state index in [9.17, 15) is 4.79 Å². The predicted octanol–water partition coefficient (Wildman–Crippen LogP) is 1.32. The fourth-order valence-electron chi connectivity index (χ4n) is 1.62. The third kappa shape index (κ3) is 2.77. The van der Waals surface area contributed by atoms with E-state index in [2.05, 4.69) is 10.2 Å². The van der Waals surface area contributed by atoms with Crippen molar-refractivity contribution < 1.29 is 9.53 Å². The van der Waals surface area contributed by atoms with Gasteiger partial charge in [-0.2, -0.15) is 10.2 Å². The van der Waals surface area contributed by atoms with Crippen molar-refractivity contribution in [2.75, 3.05) is 6.61 Å². The molecule has 18 heavy (non-hydrogen) atoms. The van der Waals surface area contributed by atoms with Crippen LogP contribution in [-0.2, 0) is 17.8 Å². The monoisotopic (exact) mass is 248 g/mol. The molecule has 0 amide bonds. The predicted molar refractivity (Wildman–Crippen MR) is 65.2 cm³/mol. The maximum atomic E-state index is 11.5. The first-order valence-electron chi connectivity index (χ1n) is 5.93. The van der Waals surface area contributed by atoms with Crippen LogP contribution >= 0.6 is 0 Å². The topological polar surface area (TPSA) is 61.9 Å². The molecule has 0 N–H and O–H groups in total. The molecule has 6 nitrogen and oxygen atoms in total. The Labute approximate surface area is 105 Å². The number of carbonyl (C=O) groups is 1. The summed E-state index contributed by atoms with van der Waals surface area (Å²) in [5.41, 5.74) is 1.52. The molecule has 2 heterocycles. The van der Waals surface area contributed by atoms with E-state index in [1.54, 1.807) is 24.0 Å². The van der Waals surface area contributed by atoms with Crippen molar-refractivity contribution in [2.24, 2.45) is 0 Å². The molecule has 0 aliphatic rings. The molecule has 0 saturated heterocycles. The quantitative estimate of drug-likeness (QED) is 0.749. The lowest BCUT2D eigenvalue weighted by molar-refractivity contribution is 0.0526. The van der Waals surface area contributed by atoms with Crippen molar-refractivity contribution in [1.29, 1.82) is 0 Å². The van der Waals surface area contributed by atoms with Gasteiger partial charge in [-0.1, -0.05) is 0 Å². The van der Waals surface area contributed by atoms with Crippen LogP contribution in [0.25, 0.3) is 0 Å². The summed E-state index contributed by atoms with van der Waals surface area (Å²) in [7, 11) is 0. The summed E-state index contributed by atoms with van der Waals surface area (Å²) in [4.78, 5) is 11.5. The summed E-state index contributed by atoms with van der Waals surface area (Å²) in [6.45, 7) is 5.62. The first kappa shape index (κ1) is 12.3. The highest BCUT2D eigenvalue weighted by molar-refractivity contribution is 5.88. The summed E-state index contributed by atoms with van der Waals surface area (Å²) in [5, 5.41) is 8.31. The average Bonchev–Trinajstić information content (AvgIpc) is 2.99. The third-order valence-corrected chi connectivity index (χ3v) is 2.50. The molecule has 6 heteroatoms. The molecule has 0 radical (unpaired) electrons. The van der Waals surface area contributed by atoms with Gasteiger partial charge in [0.15, 0.2) is 0 Å². The molecule has 0 aromatic carbocycles. The fourth-order valence-corrected chi connectivity index (χ4v) is 1.62. The first-order chi connectivity index (χ1) is 8.72. The second-order valence-corrected chi connectivity index (χ2v) is 3.85. The zero-order valence-electron chi connectivity index (χ0n) is 10.5. The fraction of sp³-hybridized carbons (Fsp3) is 0.417. The Hall–Kier alpha value is -2.11. The van der Waals surface area contributed by atoms with E-state index in [1.165, 1.54) is 6.20 Å². The van der Waals surface area contributed by atoms with E-state index in [0.717, 1.165) is 12.1 Å². The molecule has 0 bridgehead atoms. The van der Waals surface area contributed by atoms with Gasteiger partial charge in [0.1, 0.15) is 0 Å². The van der Waals surface area contributed by atoms with Crippen molar-refractivity contribution in [2.45, 2.75) is 26.9 Å². The Morgan fingerprint density at radius 3 is 2.67 bits per heavy atom. The van der Waals surface area contributed by atoms with E-state index in [-0.39, 0.29) is 5.97 Å². The highest BCUT2D eigenvalue weighted by Crippen LogP contribution is 2.05. The van der Waals surface area contributed by atoms with Gasteiger partial charge in [0, 0.05) is 24.5 Å². The molecule has 0 atom stereocenters. The molecule has 0 fully saturated rings. The Bertz CT molecular complexity index is 530. The molecule has 2 rings (SSSR count). The van der Waals surface area contributed by atoms with Crippen LogP contribution in [0.1, 0.15) is 29.8 Å². The minimum Gasteiger partial charge on any atom is -0.462 e. The van der Waals surface area contributed by atoms with Crippen LogP contribution in [-0.4, -0.2) is 32.1 Å². The lowest BCUT2D eigenvalue weighted by atomic mass is 10.3. The van der Waals surface area contributed by atoms with Crippen LogP contribution in [0, 0.1) is 0 Å². The smallest absolute Gasteiger partial charge is 0.341 e. The van der Waals surface area contributed by atoms with Crippen molar-refractivity contribution >= 4 is 5.97 Å². The Balaban J connectivity index is 2.04. The number of carbonyl (C=O) groups excluding carboxylic acids is 1. The average molecular weight is 248 g/mol. The van der Waals surface area contributed by atoms with Gasteiger partial charge in [0.25, 0.3) is 0 Å². The zero-order chi connectivity index (χ0) is 13.0. The number of aryl methyl sites for hydroxylation is 1. The molecule has 2 aromatic rings. The van der Waals surface area contributed by atoms with E-state index in [1.807, 2.05) is 17.8 Å². The number of hydrogen-bond acceptors (Lipinski definition) is 4. The van der Waals surface area contributed by atoms with E-state index in [4.69, 9.17) is 4.74 Å². The summed E-state index contributed by atoms with van der Waals surface area (Å²) >= 11 is 0. The highest BCUT2D eigenvalue weighted by atomic mass is 16.5. The molecular weight excluding hydrogens is 232 g/mol. The highest BCUT2D eigenvalue weighted by Gasteiger charge is 2.09. The maximum Gasteiger partial charge on any atom is 0.341 e. The second kappa shape index (κ2) is 5.48. The van der Waals surface area contributed by atoms with E-state index >= 15 is 0 Å². The Morgan fingerprint density at radius 1 is 1.22 bits per heavy atom. The van der Waals surface area contributed by atoms with Gasteiger partial charge in [-0.15, -0.1) is 0 Å². The third-order valence-electron chi connectivity index (χ3n) is 2.50. The van der Waals surface area contributed by atoms with Crippen LogP contribution in [0.3, 0.4) is 0 Å². The largest absolute Gasteiger partial charge is 0.462 e. The molecular formula is C12H16N4O2. The molecule has 0 aliphatic carbocycles. The second-order valence-electron chi connectivity index (χ2n) is 3.85. The number of esters is 1. The summed E-state index contributed by atoms with van der Waals surface area (Å²) < 4.78 is 8.45. The Kier molecular flexibility index (Phi) is 3.76. The number of ether oxygens (including phenoxy) is 1. The molecule has 0 spiro atoms. The Morgan fingerprint density at radius 2 is 2.00 bits per heavy atom. The van der Waals surface area contributed by atoms with Gasteiger partial charge in [-0.3, -0.25) is 9.36 Å². The van der Waals surface area contributed by atoms with Crippen LogP contribution in [0.5, 0.6) is 0 Å². The maximum absolute atomic E-state index is 11.5. The van der Waals surface area contributed by atoms with E-state index < -0.39 is 0 Å². The summed E-state index contributed by atoms with van der Waals surface area (Å²) in [5.74, 6) is -0.340. The number of aromatic nitrogens is 4. The summed E-state index contributed by atoms with van der Waals surface area (Å²) in [6.07, 6.45) is 6.96. The standard InChI is InChI=1S/C12H16N4O2/c1-3-15-7-10(5-13-15)8-16-9-11(6-14-16)12(17)18-4-2/h5-7,9H,3-4,8H2,1-2H3. The van der Waals surface area contributed by atoms with Crippen molar-refractivity contribution in [1.82, 2.24) is 19.6 Å². The van der Waals surface area contributed by atoms with Crippen molar-refractivity contribution in [3.8, 4) is 0 Å². The minimum atomic E-state index is -0.340. The number of rotatable bonds is 5. The number of hydrogen-bond donors (Lipinski definition) is 0. The normalized spacial score (nSPS) is 10.6. The lowest BCUT2D eigenvalue weighted by Gasteiger charge is -1.98. The SMILES string of the molecule is CCOC(=O)c1cnn(Cc2cnn(CC)c2)c1. The van der Waals surface area contributed by atoms with Crippen molar-refractivity contribution in [3.05, 3.63) is 35.9 Å². The van der Waals surface area contributed by atoms with Gasteiger partial charge in [-0.25, -0.2) is 4.79 Å². The van der Waals surface area contributed by atoms with Gasteiger partial charge in [0.05, 0.1) is 31.1 Å². The van der Waals surface area contributed by atoms with Gasteiger partial charge in [0.2, 0.25) is 0 Å². The van der Waals surface area contributed by atoms with E-state index in [0.29, 0.717) is 18.7 Å². The van der Waals surface area contributed by atoms with Crippen LogP contribution in [0.2, 0.25) is 0 Å². The molecule has 0 unspecified atom stereocenters. The molecule has 2 aromatic heterocycles. The minimum absolute atomic E-state index is 0.340. The first-order valence-corrected chi connectivity index (χ1v) is 5.93. The van der Waals surface area contributed by atoms with Crippen LogP contribution < -0.4 is 0 Å². The van der Waals surface area contributed by atoms with Crippen LogP contribution in [0.15, 0.2) is 24.8 Å².